The molecule has 18 heavy (non-hydrogen) atoms. The van der Waals surface area contributed by atoms with Crippen LogP contribution in [0.2, 0.25) is 0 Å². The number of carbonyl (C=O) groups is 1. The maximum absolute atomic E-state index is 13.9. The molecule has 0 aliphatic carbocycles. The molecule has 1 unspecified atom stereocenters. The topological polar surface area (TPSA) is 40.5 Å². The van der Waals surface area contributed by atoms with Crippen LogP contribution in [0, 0.1) is 11.7 Å². The average Bonchev–Trinajstić information content (AvgIpc) is 2.73. The van der Waals surface area contributed by atoms with E-state index in [0.717, 1.165) is 25.6 Å². The highest BCUT2D eigenvalue weighted by Crippen LogP contribution is 2.26. The van der Waals surface area contributed by atoms with Gasteiger partial charge in [-0.1, -0.05) is 13.0 Å². The number of nitrogens with zero attached hydrogens (tertiary/aromatic N) is 1. The van der Waals surface area contributed by atoms with Gasteiger partial charge in [0.25, 0.3) is 0 Å². The molecule has 1 heterocycles. The number of hydrogen-bond acceptors (Lipinski definition) is 2. The van der Waals surface area contributed by atoms with Crippen molar-refractivity contribution in [2.75, 3.05) is 18.0 Å². The van der Waals surface area contributed by atoms with E-state index < -0.39 is 5.97 Å². The number of halogens is 1. The summed E-state index contributed by atoms with van der Waals surface area (Å²) >= 11 is 0. The first-order valence-corrected chi connectivity index (χ1v) is 6.02. The lowest BCUT2D eigenvalue weighted by Crippen LogP contribution is -2.20. The lowest BCUT2D eigenvalue weighted by molar-refractivity contribution is -0.131. The summed E-state index contributed by atoms with van der Waals surface area (Å²) in [6.45, 7) is 3.91. The standard InChI is InChI=1S/C14H16FNO2/c1-10-6-7-16(9-10)13-4-2-11(8-12(13)15)3-5-14(17)18/h2-5,8,10H,6-7,9H2,1H3,(H,17,18). The fourth-order valence-electron chi connectivity index (χ4n) is 2.20. The first-order chi connectivity index (χ1) is 8.56. The van der Waals surface area contributed by atoms with E-state index in [1.54, 1.807) is 12.1 Å². The molecule has 1 aromatic carbocycles. The molecule has 3 nitrogen and oxygen atoms in total. The summed E-state index contributed by atoms with van der Waals surface area (Å²) in [7, 11) is 0. The van der Waals surface area contributed by atoms with Crippen LogP contribution < -0.4 is 4.90 Å². The molecule has 0 saturated carbocycles. The molecule has 0 radical (unpaired) electrons. The van der Waals surface area contributed by atoms with Crippen LogP contribution >= 0.6 is 0 Å². The molecule has 1 aromatic rings. The summed E-state index contributed by atoms with van der Waals surface area (Å²) in [5.74, 6) is -0.736. The van der Waals surface area contributed by atoms with Crippen LogP contribution in [-0.2, 0) is 4.79 Å². The Morgan fingerprint density at radius 1 is 1.56 bits per heavy atom. The molecule has 0 bridgehead atoms. The zero-order valence-corrected chi connectivity index (χ0v) is 10.3. The van der Waals surface area contributed by atoms with Crippen molar-refractivity contribution < 1.29 is 14.3 Å². The minimum atomic E-state index is -1.03. The van der Waals surface area contributed by atoms with Gasteiger partial charge in [-0.05, 0) is 36.1 Å². The zero-order valence-electron chi connectivity index (χ0n) is 10.3. The average molecular weight is 249 g/mol. The number of rotatable bonds is 3. The minimum absolute atomic E-state index is 0.295. The van der Waals surface area contributed by atoms with Crippen LogP contribution in [0.4, 0.5) is 10.1 Å². The second-order valence-electron chi connectivity index (χ2n) is 4.72. The number of aliphatic carboxylic acids is 1. The molecule has 96 valence electrons. The van der Waals surface area contributed by atoms with Crippen molar-refractivity contribution in [3.63, 3.8) is 0 Å². The minimum Gasteiger partial charge on any atom is -0.478 e. The van der Waals surface area contributed by atoms with Crippen LogP contribution in [0.5, 0.6) is 0 Å². The van der Waals surface area contributed by atoms with E-state index in [0.29, 0.717) is 17.2 Å². The molecule has 1 saturated heterocycles. The first kappa shape index (κ1) is 12.6. The number of anilines is 1. The van der Waals surface area contributed by atoms with E-state index in [2.05, 4.69) is 6.92 Å². The normalized spacial score (nSPS) is 19.7. The monoisotopic (exact) mass is 249 g/mol. The van der Waals surface area contributed by atoms with E-state index in [-0.39, 0.29) is 5.82 Å². The Balaban J connectivity index is 2.17. The maximum atomic E-state index is 13.9. The van der Waals surface area contributed by atoms with Crippen molar-refractivity contribution in [2.24, 2.45) is 5.92 Å². The number of carboxylic acid groups (broad SMARTS) is 1. The van der Waals surface area contributed by atoms with Gasteiger partial charge in [0.05, 0.1) is 5.69 Å². The third-order valence-corrected chi connectivity index (χ3v) is 3.15. The summed E-state index contributed by atoms with van der Waals surface area (Å²) in [5, 5.41) is 8.51. The Morgan fingerprint density at radius 2 is 2.33 bits per heavy atom. The van der Waals surface area contributed by atoms with Gasteiger partial charge < -0.3 is 10.0 Å². The van der Waals surface area contributed by atoms with Gasteiger partial charge in [-0.15, -0.1) is 0 Å². The molecule has 4 heteroatoms. The first-order valence-electron chi connectivity index (χ1n) is 6.02. The predicted octanol–water partition coefficient (Wildman–Crippen LogP) is 2.77. The van der Waals surface area contributed by atoms with Crippen LogP contribution in [0.15, 0.2) is 24.3 Å². The van der Waals surface area contributed by atoms with Gasteiger partial charge in [0.2, 0.25) is 0 Å². The van der Waals surface area contributed by atoms with Crippen molar-refractivity contribution in [3.05, 3.63) is 35.7 Å². The number of hydrogen-bond donors (Lipinski definition) is 1. The Morgan fingerprint density at radius 3 is 2.89 bits per heavy atom. The summed E-state index contributed by atoms with van der Waals surface area (Å²) in [6, 6.07) is 4.83. The molecule has 1 atom stereocenters. The quantitative estimate of drug-likeness (QED) is 0.837. The van der Waals surface area contributed by atoms with Crippen molar-refractivity contribution in [1.29, 1.82) is 0 Å². The highest BCUT2D eigenvalue weighted by Gasteiger charge is 2.21. The van der Waals surface area contributed by atoms with Gasteiger partial charge >= 0.3 is 5.97 Å². The van der Waals surface area contributed by atoms with Crippen LogP contribution in [0.1, 0.15) is 18.9 Å². The summed E-state index contributed by atoms with van der Waals surface area (Å²) in [5.41, 5.74) is 1.16. The van der Waals surface area contributed by atoms with Gasteiger partial charge in [-0.25, -0.2) is 9.18 Å². The molecule has 0 spiro atoms. The van der Waals surface area contributed by atoms with E-state index >= 15 is 0 Å². The summed E-state index contributed by atoms with van der Waals surface area (Å²) < 4.78 is 13.9. The van der Waals surface area contributed by atoms with Gasteiger partial charge in [0.1, 0.15) is 5.82 Å². The number of carboxylic acids is 1. The van der Waals surface area contributed by atoms with Gasteiger partial charge in [-0.3, -0.25) is 0 Å². The lowest BCUT2D eigenvalue weighted by Gasteiger charge is -2.19. The molecule has 1 fully saturated rings. The highest BCUT2D eigenvalue weighted by atomic mass is 19.1. The molecule has 0 aromatic heterocycles. The Hall–Kier alpha value is -1.84. The Labute approximate surface area is 106 Å². The third kappa shape index (κ3) is 2.88. The maximum Gasteiger partial charge on any atom is 0.328 e. The second kappa shape index (κ2) is 5.21. The molecule has 1 N–H and O–H groups in total. The zero-order chi connectivity index (χ0) is 13.1. The van der Waals surface area contributed by atoms with E-state index in [4.69, 9.17) is 5.11 Å². The fraction of sp³-hybridized carbons (Fsp3) is 0.357. The van der Waals surface area contributed by atoms with E-state index in [1.165, 1.54) is 12.1 Å². The van der Waals surface area contributed by atoms with E-state index in [9.17, 15) is 9.18 Å². The van der Waals surface area contributed by atoms with Crippen LogP contribution in [-0.4, -0.2) is 24.2 Å². The van der Waals surface area contributed by atoms with Crippen LogP contribution in [0.25, 0.3) is 6.08 Å². The summed E-state index contributed by atoms with van der Waals surface area (Å²) in [6.07, 6.45) is 3.48. The molecule has 0 amide bonds. The molecular weight excluding hydrogens is 233 g/mol. The second-order valence-corrected chi connectivity index (χ2v) is 4.72. The highest BCUT2D eigenvalue weighted by molar-refractivity contribution is 5.85. The van der Waals surface area contributed by atoms with Crippen molar-refractivity contribution in [3.8, 4) is 0 Å². The fourth-order valence-corrected chi connectivity index (χ4v) is 2.20. The Bertz CT molecular complexity index is 485. The van der Waals surface area contributed by atoms with Gasteiger partial charge in [-0.2, -0.15) is 0 Å². The predicted molar refractivity (Wildman–Crippen MR) is 69.1 cm³/mol. The largest absolute Gasteiger partial charge is 0.478 e. The molecular formula is C14H16FNO2. The van der Waals surface area contributed by atoms with Crippen molar-refractivity contribution in [1.82, 2.24) is 0 Å². The molecule has 2 rings (SSSR count). The van der Waals surface area contributed by atoms with Crippen LogP contribution in [0.3, 0.4) is 0 Å². The molecule has 1 aliphatic rings. The van der Waals surface area contributed by atoms with Gasteiger partial charge in [0.15, 0.2) is 0 Å². The molecule has 1 aliphatic heterocycles. The van der Waals surface area contributed by atoms with Crippen molar-refractivity contribution in [2.45, 2.75) is 13.3 Å². The SMILES string of the molecule is CC1CCN(c2ccc(C=CC(=O)O)cc2F)C1. The van der Waals surface area contributed by atoms with Crippen molar-refractivity contribution >= 4 is 17.7 Å². The lowest BCUT2D eigenvalue weighted by atomic mass is 10.1. The Kier molecular flexibility index (Phi) is 3.65. The summed E-state index contributed by atoms with van der Waals surface area (Å²) in [4.78, 5) is 12.4. The smallest absolute Gasteiger partial charge is 0.328 e. The third-order valence-electron chi connectivity index (χ3n) is 3.15. The van der Waals surface area contributed by atoms with E-state index in [1.807, 2.05) is 4.90 Å². The van der Waals surface area contributed by atoms with Gasteiger partial charge in [0, 0.05) is 19.2 Å². The number of benzene rings is 1.